The normalized spacial score (nSPS) is 11.3. The van der Waals surface area contributed by atoms with Gasteiger partial charge >= 0.3 is 5.97 Å². The molecule has 3 nitrogen and oxygen atoms in total. The fourth-order valence-electron chi connectivity index (χ4n) is 2.14. The van der Waals surface area contributed by atoms with E-state index in [1.807, 2.05) is 44.2 Å². The summed E-state index contributed by atoms with van der Waals surface area (Å²) in [7, 11) is 0. The van der Waals surface area contributed by atoms with Crippen molar-refractivity contribution in [3.63, 3.8) is 0 Å². The van der Waals surface area contributed by atoms with Crippen LogP contribution in [0.2, 0.25) is 5.02 Å². The fourth-order valence-corrected chi connectivity index (χ4v) is 2.36. The van der Waals surface area contributed by atoms with E-state index in [4.69, 9.17) is 16.7 Å². The summed E-state index contributed by atoms with van der Waals surface area (Å²) in [5.74, 6) is -1.60. The largest absolute Gasteiger partial charge is 0.505 e. The average molecular weight is 291 g/mol. The van der Waals surface area contributed by atoms with Gasteiger partial charge in [-0.15, -0.1) is 0 Å². The molecule has 0 aliphatic carbocycles. The maximum atomic E-state index is 11.2. The molecule has 0 aliphatic rings. The minimum absolute atomic E-state index is 0.0453. The molecule has 0 spiro atoms. The Bertz CT molecular complexity index is 648. The first-order chi connectivity index (χ1) is 9.34. The van der Waals surface area contributed by atoms with Gasteiger partial charge in [0, 0.05) is 5.41 Å². The van der Waals surface area contributed by atoms with Crippen LogP contribution in [0.25, 0.3) is 0 Å². The zero-order chi connectivity index (χ0) is 14.9. The number of phenols is 1. The van der Waals surface area contributed by atoms with E-state index in [0.29, 0.717) is 0 Å². The number of aromatic hydroxyl groups is 1. The summed E-state index contributed by atoms with van der Waals surface area (Å²) >= 11 is 5.94. The van der Waals surface area contributed by atoms with E-state index in [-0.39, 0.29) is 10.6 Å². The number of aromatic carboxylic acids is 1. The molecule has 0 aliphatic heterocycles. The van der Waals surface area contributed by atoms with Gasteiger partial charge in [-0.3, -0.25) is 0 Å². The first kappa shape index (κ1) is 14.4. The lowest BCUT2D eigenvalue weighted by molar-refractivity contribution is 0.0693. The Labute approximate surface area is 122 Å². The molecule has 0 unspecified atom stereocenters. The highest BCUT2D eigenvalue weighted by atomic mass is 35.5. The van der Waals surface area contributed by atoms with Crippen LogP contribution in [0.1, 0.15) is 35.3 Å². The van der Waals surface area contributed by atoms with Crippen molar-refractivity contribution in [2.75, 3.05) is 0 Å². The third-order valence-electron chi connectivity index (χ3n) is 3.51. The first-order valence-corrected chi connectivity index (χ1v) is 6.53. The van der Waals surface area contributed by atoms with E-state index < -0.39 is 17.1 Å². The van der Waals surface area contributed by atoms with Gasteiger partial charge in [-0.25, -0.2) is 4.79 Å². The van der Waals surface area contributed by atoms with Crippen LogP contribution in [0, 0.1) is 0 Å². The second-order valence-corrected chi connectivity index (χ2v) is 5.56. The van der Waals surface area contributed by atoms with Crippen molar-refractivity contribution >= 4 is 17.6 Å². The first-order valence-electron chi connectivity index (χ1n) is 6.16. The van der Waals surface area contributed by atoms with E-state index in [1.165, 1.54) is 6.07 Å². The quantitative estimate of drug-likeness (QED) is 0.896. The van der Waals surface area contributed by atoms with Crippen LogP contribution in [-0.2, 0) is 5.41 Å². The van der Waals surface area contributed by atoms with Crippen LogP contribution in [0.15, 0.2) is 42.5 Å². The molecule has 2 aromatic rings. The summed E-state index contributed by atoms with van der Waals surface area (Å²) in [6.45, 7) is 3.97. The van der Waals surface area contributed by atoms with Crippen molar-refractivity contribution in [3.05, 3.63) is 64.2 Å². The molecule has 20 heavy (non-hydrogen) atoms. The highest BCUT2D eigenvalue weighted by Crippen LogP contribution is 2.37. The van der Waals surface area contributed by atoms with Crippen LogP contribution in [0.3, 0.4) is 0 Å². The second-order valence-electron chi connectivity index (χ2n) is 5.15. The molecule has 0 heterocycles. The zero-order valence-electron chi connectivity index (χ0n) is 11.2. The maximum absolute atomic E-state index is 11.2. The Morgan fingerprint density at radius 1 is 1.10 bits per heavy atom. The van der Waals surface area contributed by atoms with Crippen molar-refractivity contribution in [3.8, 4) is 5.75 Å². The number of hydrogen-bond acceptors (Lipinski definition) is 2. The van der Waals surface area contributed by atoms with Gasteiger partial charge in [0.2, 0.25) is 0 Å². The van der Waals surface area contributed by atoms with E-state index in [2.05, 4.69) is 0 Å². The van der Waals surface area contributed by atoms with E-state index in [1.54, 1.807) is 6.07 Å². The summed E-state index contributed by atoms with van der Waals surface area (Å²) in [5.41, 5.74) is 1.18. The molecular formula is C16H15ClO3. The van der Waals surface area contributed by atoms with Gasteiger partial charge < -0.3 is 10.2 Å². The fraction of sp³-hybridized carbons (Fsp3) is 0.188. The maximum Gasteiger partial charge on any atom is 0.339 e. The average Bonchev–Trinajstić information content (AvgIpc) is 2.42. The van der Waals surface area contributed by atoms with Crippen LogP contribution >= 0.6 is 11.6 Å². The lowest BCUT2D eigenvalue weighted by atomic mass is 9.77. The standard InChI is InChI=1S/C16H15ClO3/c1-16(2,10-6-4-3-5-7-10)11-8-12(15(19)20)14(18)13(17)9-11/h3-9,18H,1-2H3,(H,19,20). The molecule has 4 heteroatoms. The molecule has 0 saturated carbocycles. The van der Waals surface area contributed by atoms with E-state index in [9.17, 15) is 9.90 Å². The van der Waals surface area contributed by atoms with Gasteiger partial charge in [0.15, 0.2) is 0 Å². The molecule has 0 bridgehead atoms. The van der Waals surface area contributed by atoms with Gasteiger partial charge in [0.05, 0.1) is 5.02 Å². The van der Waals surface area contributed by atoms with Gasteiger partial charge in [-0.05, 0) is 23.3 Å². The SMILES string of the molecule is CC(C)(c1ccccc1)c1cc(Cl)c(O)c(C(=O)O)c1. The topological polar surface area (TPSA) is 57.5 Å². The number of carboxylic acid groups (broad SMARTS) is 1. The zero-order valence-corrected chi connectivity index (χ0v) is 12.0. The number of benzene rings is 2. The van der Waals surface area contributed by atoms with Crippen molar-refractivity contribution < 1.29 is 15.0 Å². The molecular weight excluding hydrogens is 276 g/mol. The second kappa shape index (κ2) is 5.17. The van der Waals surface area contributed by atoms with Crippen LogP contribution in [-0.4, -0.2) is 16.2 Å². The number of halogens is 1. The third kappa shape index (κ3) is 2.49. The molecule has 0 amide bonds. The van der Waals surface area contributed by atoms with Crippen LogP contribution < -0.4 is 0 Å². The molecule has 0 fully saturated rings. The van der Waals surface area contributed by atoms with Crippen LogP contribution in [0.4, 0.5) is 0 Å². The van der Waals surface area contributed by atoms with Crippen LogP contribution in [0.5, 0.6) is 5.75 Å². The van der Waals surface area contributed by atoms with Crippen molar-refractivity contribution in [1.82, 2.24) is 0 Å². The third-order valence-corrected chi connectivity index (χ3v) is 3.80. The smallest absolute Gasteiger partial charge is 0.339 e. The minimum atomic E-state index is -1.20. The molecule has 0 atom stereocenters. The minimum Gasteiger partial charge on any atom is -0.505 e. The van der Waals surface area contributed by atoms with Crippen molar-refractivity contribution in [1.29, 1.82) is 0 Å². The molecule has 2 rings (SSSR count). The summed E-state index contributed by atoms with van der Waals surface area (Å²) in [4.78, 5) is 11.2. The molecule has 0 radical (unpaired) electrons. The summed E-state index contributed by atoms with van der Waals surface area (Å²) in [6.07, 6.45) is 0. The Morgan fingerprint density at radius 3 is 2.25 bits per heavy atom. The summed E-state index contributed by atoms with van der Waals surface area (Å²) < 4.78 is 0. The number of rotatable bonds is 3. The molecule has 104 valence electrons. The molecule has 0 aromatic heterocycles. The Kier molecular flexibility index (Phi) is 3.73. The monoisotopic (exact) mass is 290 g/mol. The Morgan fingerprint density at radius 2 is 1.70 bits per heavy atom. The van der Waals surface area contributed by atoms with E-state index in [0.717, 1.165) is 11.1 Å². The Hall–Kier alpha value is -2.00. The lowest BCUT2D eigenvalue weighted by Gasteiger charge is -2.27. The number of carboxylic acids is 1. The predicted octanol–water partition coefficient (Wildman–Crippen LogP) is 4.07. The highest BCUT2D eigenvalue weighted by Gasteiger charge is 2.26. The lowest BCUT2D eigenvalue weighted by Crippen LogP contribution is -2.19. The molecule has 0 saturated heterocycles. The van der Waals surface area contributed by atoms with Gasteiger partial charge in [0.25, 0.3) is 0 Å². The molecule has 2 N–H and O–H groups in total. The van der Waals surface area contributed by atoms with Gasteiger partial charge in [-0.1, -0.05) is 55.8 Å². The number of hydrogen-bond donors (Lipinski definition) is 2. The van der Waals surface area contributed by atoms with Gasteiger partial charge in [-0.2, -0.15) is 0 Å². The molecule has 2 aromatic carbocycles. The van der Waals surface area contributed by atoms with Crippen molar-refractivity contribution in [2.45, 2.75) is 19.3 Å². The summed E-state index contributed by atoms with van der Waals surface area (Å²) in [5, 5.41) is 18.9. The predicted molar refractivity (Wildman–Crippen MR) is 78.6 cm³/mol. The van der Waals surface area contributed by atoms with Gasteiger partial charge in [0.1, 0.15) is 11.3 Å². The van der Waals surface area contributed by atoms with Crippen molar-refractivity contribution in [2.24, 2.45) is 0 Å². The number of carbonyl (C=O) groups is 1. The Balaban J connectivity index is 2.61. The van der Waals surface area contributed by atoms with E-state index >= 15 is 0 Å². The summed E-state index contributed by atoms with van der Waals surface area (Å²) in [6, 6.07) is 12.8. The highest BCUT2D eigenvalue weighted by molar-refractivity contribution is 6.32.